The van der Waals surface area contributed by atoms with Gasteiger partial charge in [0.1, 0.15) is 30.5 Å². The van der Waals surface area contributed by atoms with Crippen molar-refractivity contribution in [3.8, 4) is 10.4 Å². The van der Waals surface area contributed by atoms with Crippen LogP contribution in [0.1, 0.15) is 27.7 Å². The molecule has 1 aliphatic heterocycles. The monoisotopic (exact) mass is 427 g/mol. The molecule has 0 radical (unpaired) electrons. The Kier molecular flexibility index (Phi) is 6.29. The molecule has 4 N–H and O–H groups in total. The summed E-state index contributed by atoms with van der Waals surface area (Å²) in [5.41, 5.74) is 3.99. The lowest BCUT2D eigenvalue weighted by molar-refractivity contribution is -0.231. The van der Waals surface area contributed by atoms with Gasteiger partial charge in [0.25, 0.3) is 0 Å². The van der Waals surface area contributed by atoms with E-state index in [-0.39, 0.29) is 0 Å². The Labute approximate surface area is 179 Å². The van der Waals surface area contributed by atoms with Gasteiger partial charge in [0.2, 0.25) is 0 Å². The van der Waals surface area contributed by atoms with Crippen LogP contribution in [0.15, 0.2) is 54.9 Å². The molecular weight excluding hydrogens is 402 g/mol. The van der Waals surface area contributed by atoms with E-state index in [1.807, 2.05) is 43.5 Å². The largest absolute Gasteiger partial charge is 0.394 e. The Morgan fingerprint density at radius 2 is 1.87 bits per heavy atom. The number of aromatic nitrogens is 1. The van der Waals surface area contributed by atoms with Crippen molar-refractivity contribution < 1.29 is 25.2 Å². The number of rotatable bonds is 5. The van der Waals surface area contributed by atoms with E-state index in [1.165, 1.54) is 4.88 Å². The highest BCUT2D eigenvalue weighted by molar-refractivity contribution is 7.15. The minimum absolute atomic E-state index is 0.438. The van der Waals surface area contributed by atoms with E-state index in [0.717, 1.165) is 28.0 Å². The first-order valence-corrected chi connectivity index (χ1v) is 10.7. The lowest BCUT2D eigenvalue weighted by Gasteiger charge is -2.40. The normalized spacial score (nSPS) is 26.6. The third-order valence-corrected chi connectivity index (χ3v) is 6.70. The summed E-state index contributed by atoms with van der Waals surface area (Å²) >= 11 is 1.71. The second-order valence-corrected chi connectivity index (χ2v) is 8.79. The van der Waals surface area contributed by atoms with E-state index >= 15 is 0 Å². The van der Waals surface area contributed by atoms with Gasteiger partial charge >= 0.3 is 0 Å². The topological polar surface area (TPSA) is 103 Å². The zero-order chi connectivity index (χ0) is 21.3. The van der Waals surface area contributed by atoms with Crippen molar-refractivity contribution in [1.82, 2.24) is 4.98 Å². The molecule has 1 aliphatic rings. The molecule has 6 nitrogen and oxygen atoms in total. The summed E-state index contributed by atoms with van der Waals surface area (Å²) in [4.78, 5) is 6.53. The predicted molar refractivity (Wildman–Crippen MR) is 114 cm³/mol. The average molecular weight is 428 g/mol. The lowest BCUT2D eigenvalue weighted by atomic mass is 9.89. The molecule has 1 aromatic carbocycles. The molecule has 0 amide bonds. The van der Waals surface area contributed by atoms with E-state index < -0.39 is 37.1 Å². The molecule has 0 saturated carbocycles. The number of aryl methyl sites for hydroxylation is 1. The summed E-state index contributed by atoms with van der Waals surface area (Å²) in [7, 11) is 0. The molecule has 158 valence electrons. The third-order valence-electron chi connectivity index (χ3n) is 5.57. The van der Waals surface area contributed by atoms with E-state index in [1.54, 1.807) is 17.5 Å². The predicted octanol–water partition coefficient (Wildman–Crippen LogP) is 2.22. The van der Waals surface area contributed by atoms with Gasteiger partial charge in [-0.2, -0.15) is 0 Å². The van der Waals surface area contributed by atoms with Crippen molar-refractivity contribution in [2.45, 2.75) is 43.9 Å². The van der Waals surface area contributed by atoms with Crippen LogP contribution < -0.4 is 0 Å². The minimum atomic E-state index is -1.38. The number of aliphatic hydroxyl groups is 4. The Balaban J connectivity index is 1.57. The van der Waals surface area contributed by atoms with Crippen LogP contribution in [-0.4, -0.2) is 56.4 Å². The van der Waals surface area contributed by atoms with E-state index in [4.69, 9.17) is 4.74 Å². The van der Waals surface area contributed by atoms with Crippen LogP contribution in [0.25, 0.3) is 10.4 Å². The van der Waals surface area contributed by atoms with Crippen LogP contribution in [0, 0.1) is 6.92 Å². The van der Waals surface area contributed by atoms with Gasteiger partial charge in [0, 0.05) is 34.1 Å². The highest BCUT2D eigenvalue weighted by atomic mass is 32.1. The van der Waals surface area contributed by atoms with Gasteiger partial charge < -0.3 is 25.2 Å². The van der Waals surface area contributed by atoms with Crippen LogP contribution in [0.3, 0.4) is 0 Å². The number of benzene rings is 1. The fraction of sp³-hybridized carbons (Fsp3) is 0.348. The smallest absolute Gasteiger partial charge is 0.113 e. The SMILES string of the molecule is Cc1ccc([C@@H]2O[C@H](CO)[C@@H](O)[C@H](O)[C@H]2O)cc1Cc1ccc(-c2cccnc2)s1. The number of hydrogen-bond acceptors (Lipinski definition) is 7. The Morgan fingerprint density at radius 3 is 2.60 bits per heavy atom. The highest BCUT2D eigenvalue weighted by Gasteiger charge is 2.43. The summed E-state index contributed by atoms with van der Waals surface area (Å²) in [6, 6.07) is 13.9. The third kappa shape index (κ3) is 4.18. The molecule has 4 rings (SSSR count). The molecule has 2 aromatic heterocycles. The highest BCUT2D eigenvalue weighted by Crippen LogP contribution is 2.34. The van der Waals surface area contributed by atoms with Gasteiger partial charge in [-0.1, -0.05) is 24.3 Å². The van der Waals surface area contributed by atoms with Crippen molar-refractivity contribution in [1.29, 1.82) is 0 Å². The van der Waals surface area contributed by atoms with Crippen molar-refractivity contribution >= 4 is 11.3 Å². The number of ether oxygens (including phenoxy) is 1. The van der Waals surface area contributed by atoms with Gasteiger partial charge in [-0.15, -0.1) is 11.3 Å². The number of pyridine rings is 1. The second kappa shape index (κ2) is 8.93. The summed E-state index contributed by atoms with van der Waals surface area (Å²) in [5, 5.41) is 40.0. The van der Waals surface area contributed by atoms with Gasteiger partial charge in [-0.05, 0) is 41.8 Å². The molecule has 1 saturated heterocycles. The molecule has 3 heterocycles. The maximum atomic E-state index is 10.4. The number of hydrogen-bond donors (Lipinski definition) is 4. The molecule has 0 spiro atoms. The maximum absolute atomic E-state index is 10.4. The molecule has 0 aliphatic carbocycles. The second-order valence-electron chi connectivity index (χ2n) is 7.62. The molecule has 7 heteroatoms. The lowest BCUT2D eigenvalue weighted by Crippen LogP contribution is -2.55. The van der Waals surface area contributed by atoms with Gasteiger partial charge in [0.05, 0.1) is 6.61 Å². The van der Waals surface area contributed by atoms with Crippen molar-refractivity contribution in [3.63, 3.8) is 0 Å². The summed E-state index contributed by atoms with van der Waals surface area (Å²) < 4.78 is 5.71. The average Bonchev–Trinajstić information content (AvgIpc) is 3.23. The summed E-state index contributed by atoms with van der Waals surface area (Å²) in [6.07, 6.45) is -1.44. The van der Waals surface area contributed by atoms with Gasteiger partial charge in [-0.3, -0.25) is 4.98 Å². The Hall–Kier alpha value is -2.13. The van der Waals surface area contributed by atoms with Crippen molar-refractivity contribution in [3.05, 3.63) is 76.4 Å². The standard InChI is InChI=1S/C23H25NO5S/c1-13-4-5-14(23-22(28)21(27)20(26)18(12-25)29-23)9-16(13)10-17-6-7-19(30-17)15-3-2-8-24-11-15/h2-9,11,18,20-23,25-28H,10,12H2,1H3/t18-,20-,21+,22-,23+/m1/s1. The fourth-order valence-electron chi connectivity index (χ4n) is 3.76. The zero-order valence-electron chi connectivity index (χ0n) is 16.5. The molecule has 5 atom stereocenters. The van der Waals surface area contributed by atoms with Crippen molar-refractivity contribution in [2.24, 2.45) is 0 Å². The van der Waals surface area contributed by atoms with Crippen LogP contribution in [-0.2, 0) is 11.2 Å². The molecule has 30 heavy (non-hydrogen) atoms. The van der Waals surface area contributed by atoms with Gasteiger partial charge in [-0.25, -0.2) is 0 Å². The first-order chi connectivity index (χ1) is 14.5. The van der Waals surface area contributed by atoms with E-state index in [9.17, 15) is 20.4 Å². The number of thiophene rings is 1. The van der Waals surface area contributed by atoms with E-state index in [2.05, 4.69) is 17.1 Å². The first kappa shape index (κ1) is 21.1. The van der Waals surface area contributed by atoms with Gasteiger partial charge in [0.15, 0.2) is 0 Å². The molecule has 0 bridgehead atoms. The molecular formula is C23H25NO5S. The molecule has 1 fully saturated rings. The summed E-state index contributed by atoms with van der Waals surface area (Å²) in [6.45, 7) is 1.59. The molecule has 3 aromatic rings. The molecule has 0 unspecified atom stereocenters. The van der Waals surface area contributed by atoms with Crippen LogP contribution >= 0.6 is 11.3 Å². The number of nitrogens with zero attached hydrogens (tertiary/aromatic N) is 1. The fourth-order valence-corrected chi connectivity index (χ4v) is 4.78. The Morgan fingerprint density at radius 1 is 1.03 bits per heavy atom. The summed E-state index contributed by atoms with van der Waals surface area (Å²) in [5.74, 6) is 0. The zero-order valence-corrected chi connectivity index (χ0v) is 17.4. The van der Waals surface area contributed by atoms with E-state index in [0.29, 0.717) is 5.56 Å². The minimum Gasteiger partial charge on any atom is -0.394 e. The van der Waals surface area contributed by atoms with Crippen LogP contribution in [0.5, 0.6) is 0 Å². The number of aliphatic hydroxyl groups excluding tert-OH is 4. The Bertz CT molecular complexity index is 990. The van der Waals surface area contributed by atoms with Crippen LogP contribution in [0.4, 0.5) is 0 Å². The first-order valence-electron chi connectivity index (χ1n) is 9.87. The van der Waals surface area contributed by atoms with Crippen LogP contribution in [0.2, 0.25) is 0 Å². The quantitative estimate of drug-likeness (QED) is 0.498. The maximum Gasteiger partial charge on any atom is 0.113 e. The van der Waals surface area contributed by atoms with Crippen molar-refractivity contribution in [2.75, 3.05) is 6.61 Å².